The second kappa shape index (κ2) is 14.8. The highest BCUT2D eigenvalue weighted by Crippen LogP contribution is 2.31. The fraction of sp³-hybridized carbons (Fsp3) is 0.294. The third-order valence-electron chi connectivity index (χ3n) is 6.83. The van der Waals surface area contributed by atoms with Gasteiger partial charge in [0.25, 0.3) is 0 Å². The molecule has 0 amide bonds. The Balaban J connectivity index is 1.36. The fourth-order valence-electron chi connectivity index (χ4n) is 4.73. The predicted octanol–water partition coefficient (Wildman–Crippen LogP) is 6.65. The molecule has 1 heterocycles. The summed E-state index contributed by atoms with van der Waals surface area (Å²) in [4.78, 5) is 0. The van der Waals surface area contributed by atoms with E-state index in [9.17, 15) is 0 Å². The monoisotopic (exact) mass is 542 g/mol. The average Bonchev–Trinajstić information content (AvgIpc) is 3.01. The molecule has 0 aliphatic carbocycles. The molecule has 0 aromatic heterocycles. The molecule has 0 bridgehead atoms. The first-order valence-corrected chi connectivity index (χ1v) is 13.6. The number of alkyl halides is 1. The van der Waals surface area contributed by atoms with Crippen molar-refractivity contribution >= 4 is 0 Å². The molecule has 1 fully saturated rings. The molecular weight excluding hydrogens is 507 g/mol. The lowest BCUT2D eigenvalue weighted by molar-refractivity contribution is -0.298. The largest absolute Gasteiger partial charge is 0.374 e. The fourth-order valence-corrected chi connectivity index (χ4v) is 4.73. The van der Waals surface area contributed by atoms with E-state index in [1.807, 2.05) is 121 Å². The van der Waals surface area contributed by atoms with Crippen molar-refractivity contribution in [3.63, 3.8) is 0 Å². The average molecular weight is 543 g/mol. The van der Waals surface area contributed by atoms with Crippen LogP contribution in [0.15, 0.2) is 121 Å². The lowest BCUT2D eigenvalue weighted by atomic mass is 9.98. The topological polar surface area (TPSA) is 46.2 Å². The standard InChI is InChI=1S/C34H35FO5/c35-34-33(39-24-29-19-11-4-12-20-29)32(38-23-28-17-9-3-10-18-28)31(37-22-27-15-7-2-8-16-27)30(40-34)25-36-21-26-13-5-1-6-14-26/h1-20,30-34H,21-25H2/t30?,31-,32?,33+,34+/m0/s1. The molecule has 0 radical (unpaired) electrons. The van der Waals surface area contributed by atoms with E-state index in [4.69, 9.17) is 23.7 Å². The Kier molecular flexibility index (Phi) is 10.4. The van der Waals surface area contributed by atoms with E-state index in [0.717, 1.165) is 22.3 Å². The SMILES string of the molecule is F[C@@H]1OC(COCc2ccccc2)[C@H](OCc2ccccc2)C(OCc2ccccc2)[C@H]1OCc1ccccc1. The van der Waals surface area contributed by atoms with Crippen LogP contribution in [0, 0.1) is 0 Å². The van der Waals surface area contributed by atoms with Gasteiger partial charge in [0.1, 0.15) is 24.4 Å². The number of hydrogen-bond acceptors (Lipinski definition) is 5. The Morgan fingerprint density at radius 2 is 0.850 bits per heavy atom. The summed E-state index contributed by atoms with van der Waals surface area (Å²) in [5.74, 6) is 0. The van der Waals surface area contributed by atoms with Gasteiger partial charge in [-0.05, 0) is 22.3 Å². The Morgan fingerprint density at radius 3 is 1.30 bits per heavy atom. The number of benzene rings is 4. The molecule has 5 rings (SSSR count). The van der Waals surface area contributed by atoms with Crippen LogP contribution < -0.4 is 0 Å². The zero-order valence-electron chi connectivity index (χ0n) is 22.4. The summed E-state index contributed by atoms with van der Waals surface area (Å²) in [6.07, 6.45) is -4.77. The van der Waals surface area contributed by atoms with E-state index in [0.29, 0.717) is 13.2 Å². The number of halogens is 1. The maximum atomic E-state index is 15.7. The summed E-state index contributed by atoms with van der Waals surface area (Å²) in [5, 5.41) is 0. The number of ether oxygens (including phenoxy) is 5. The molecule has 5 atom stereocenters. The van der Waals surface area contributed by atoms with Crippen LogP contribution in [0.5, 0.6) is 0 Å². The van der Waals surface area contributed by atoms with Crippen LogP contribution in [0.3, 0.4) is 0 Å². The highest BCUT2D eigenvalue weighted by molar-refractivity contribution is 5.16. The van der Waals surface area contributed by atoms with Crippen molar-refractivity contribution in [3.8, 4) is 0 Å². The second-order valence-corrected chi connectivity index (χ2v) is 9.81. The molecular formula is C34H35FO5. The normalized spacial score (nSPS) is 22.7. The minimum Gasteiger partial charge on any atom is -0.374 e. The molecule has 208 valence electrons. The van der Waals surface area contributed by atoms with E-state index in [-0.39, 0.29) is 19.8 Å². The third-order valence-corrected chi connectivity index (χ3v) is 6.83. The first kappa shape index (κ1) is 28.1. The maximum Gasteiger partial charge on any atom is 0.228 e. The van der Waals surface area contributed by atoms with Crippen molar-refractivity contribution in [3.05, 3.63) is 144 Å². The smallest absolute Gasteiger partial charge is 0.228 e. The van der Waals surface area contributed by atoms with Crippen molar-refractivity contribution < 1.29 is 28.1 Å². The summed E-state index contributed by atoms with van der Waals surface area (Å²) in [6, 6.07) is 39.2. The second-order valence-electron chi connectivity index (χ2n) is 9.81. The van der Waals surface area contributed by atoms with Crippen LogP contribution in [0.2, 0.25) is 0 Å². The molecule has 0 N–H and O–H groups in total. The van der Waals surface area contributed by atoms with Crippen molar-refractivity contribution in [2.24, 2.45) is 0 Å². The summed E-state index contributed by atoms with van der Waals surface area (Å²) < 4.78 is 46.6. The zero-order valence-corrected chi connectivity index (χ0v) is 22.4. The highest BCUT2D eigenvalue weighted by atomic mass is 19.1. The maximum absolute atomic E-state index is 15.7. The van der Waals surface area contributed by atoms with Gasteiger partial charge in [-0.1, -0.05) is 121 Å². The third kappa shape index (κ3) is 8.07. The van der Waals surface area contributed by atoms with E-state index in [1.165, 1.54) is 0 Å². The molecule has 0 saturated carbocycles. The number of hydrogen-bond donors (Lipinski definition) is 0. The van der Waals surface area contributed by atoms with Crippen molar-refractivity contribution in [2.45, 2.75) is 57.2 Å². The van der Waals surface area contributed by atoms with Crippen LogP contribution in [-0.4, -0.2) is 37.4 Å². The van der Waals surface area contributed by atoms with Crippen molar-refractivity contribution in [1.82, 2.24) is 0 Å². The van der Waals surface area contributed by atoms with Gasteiger partial charge in [-0.3, -0.25) is 0 Å². The van der Waals surface area contributed by atoms with Gasteiger partial charge in [-0.25, -0.2) is 4.39 Å². The van der Waals surface area contributed by atoms with Crippen molar-refractivity contribution in [1.29, 1.82) is 0 Å². The first-order chi connectivity index (χ1) is 19.8. The summed E-state index contributed by atoms with van der Waals surface area (Å²) in [6.45, 7) is 1.35. The van der Waals surface area contributed by atoms with E-state index < -0.39 is 30.8 Å². The van der Waals surface area contributed by atoms with E-state index >= 15 is 4.39 Å². The molecule has 1 aliphatic heterocycles. The molecule has 40 heavy (non-hydrogen) atoms. The lowest BCUT2D eigenvalue weighted by Crippen LogP contribution is -2.60. The minimum absolute atomic E-state index is 0.144. The molecule has 0 spiro atoms. The Labute approximate surface area is 235 Å². The number of rotatable bonds is 13. The van der Waals surface area contributed by atoms with Crippen LogP contribution >= 0.6 is 0 Å². The van der Waals surface area contributed by atoms with Gasteiger partial charge < -0.3 is 23.7 Å². The quantitative estimate of drug-likeness (QED) is 0.189. The van der Waals surface area contributed by atoms with Gasteiger partial charge in [0.2, 0.25) is 6.36 Å². The molecule has 4 aromatic rings. The molecule has 1 aliphatic rings. The molecule has 1 saturated heterocycles. The van der Waals surface area contributed by atoms with Crippen molar-refractivity contribution in [2.75, 3.05) is 6.61 Å². The summed E-state index contributed by atoms with van der Waals surface area (Å²) in [5.41, 5.74) is 3.94. The predicted molar refractivity (Wildman–Crippen MR) is 151 cm³/mol. The van der Waals surface area contributed by atoms with Gasteiger partial charge in [-0.2, -0.15) is 0 Å². The van der Waals surface area contributed by atoms with Crippen LogP contribution in [0.4, 0.5) is 4.39 Å². The molecule has 6 heteroatoms. The van der Waals surface area contributed by atoms with Gasteiger partial charge in [0.15, 0.2) is 0 Å². The zero-order chi connectivity index (χ0) is 27.4. The Bertz CT molecular complexity index is 1240. The van der Waals surface area contributed by atoms with Crippen LogP contribution in [0.1, 0.15) is 22.3 Å². The van der Waals surface area contributed by atoms with Crippen LogP contribution in [-0.2, 0) is 50.1 Å². The van der Waals surface area contributed by atoms with Gasteiger partial charge >= 0.3 is 0 Å². The van der Waals surface area contributed by atoms with Gasteiger partial charge in [0, 0.05) is 0 Å². The van der Waals surface area contributed by atoms with E-state index in [2.05, 4.69) is 0 Å². The summed E-state index contributed by atoms with van der Waals surface area (Å²) in [7, 11) is 0. The van der Waals surface area contributed by atoms with Gasteiger partial charge in [0.05, 0.1) is 33.0 Å². The molecule has 4 aromatic carbocycles. The Hall–Kier alpha value is -3.39. The minimum atomic E-state index is -1.72. The highest BCUT2D eigenvalue weighted by Gasteiger charge is 2.48. The Morgan fingerprint density at radius 1 is 0.475 bits per heavy atom. The van der Waals surface area contributed by atoms with Gasteiger partial charge in [-0.15, -0.1) is 0 Å². The summed E-state index contributed by atoms with van der Waals surface area (Å²) >= 11 is 0. The van der Waals surface area contributed by atoms with E-state index in [1.54, 1.807) is 0 Å². The van der Waals surface area contributed by atoms with Crippen LogP contribution in [0.25, 0.3) is 0 Å². The lowest BCUT2D eigenvalue weighted by Gasteiger charge is -2.43. The molecule has 5 nitrogen and oxygen atoms in total. The molecule has 2 unspecified atom stereocenters. The first-order valence-electron chi connectivity index (χ1n) is 13.6.